The number of carbonyl (C=O) groups is 1. The van der Waals surface area contributed by atoms with Crippen molar-refractivity contribution in [1.29, 1.82) is 0 Å². The van der Waals surface area contributed by atoms with E-state index in [1.807, 2.05) is 37.3 Å². The van der Waals surface area contributed by atoms with Gasteiger partial charge in [-0.05, 0) is 37.9 Å². The summed E-state index contributed by atoms with van der Waals surface area (Å²) in [4.78, 5) is 25.7. The average Bonchev–Trinajstić information content (AvgIpc) is 3.03. The van der Waals surface area contributed by atoms with Crippen LogP contribution in [0.25, 0.3) is 10.9 Å². The van der Waals surface area contributed by atoms with Crippen molar-refractivity contribution in [1.82, 2.24) is 14.8 Å². The number of likely N-dealkylation sites (N-methyl/N-ethyl adjacent to an activating group) is 2. The van der Waals surface area contributed by atoms with E-state index in [2.05, 4.69) is 4.99 Å². The highest BCUT2D eigenvalue weighted by molar-refractivity contribution is 7.99. The fourth-order valence-corrected chi connectivity index (χ4v) is 4.76. The van der Waals surface area contributed by atoms with E-state index in [1.54, 1.807) is 23.7 Å². The number of amides is 1. The second-order valence-corrected chi connectivity index (χ2v) is 8.41. The lowest BCUT2D eigenvalue weighted by atomic mass is 10.0. The van der Waals surface area contributed by atoms with Gasteiger partial charge in [-0.3, -0.25) is 14.7 Å². The van der Waals surface area contributed by atoms with Gasteiger partial charge in [0.15, 0.2) is 0 Å². The van der Waals surface area contributed by atoms with Crippen molar-refractivity contribution >= 4 is 34.3 Å². The summed E-state index contributed by atoms with van der Waals surface area (Å²) in [5.41, 5.74) is 0.604. The molecule has 2 unspecified atom stereocenters. The minimum atomic E-state index is -4.62. The number of rotatable bonds is 4. The van der Waals surface area contributed by atoms with Gasteiger partial charge in [0.2, 0.25) is 0 Å². The van der Waals surface area contributed by atoms with E-state index < -0.39 is 30.0 Å². The lowest BCUT2D eigenvalue weighted by Crippen LogP contribution is -2.53. The predicted molar refractivity (Wildman–Crippen MR) is 111 cm³/mol. The molecule has 0 aliphatic carbocycles. The quantitative estimate of drug-likeness (QED) is 0.669. The molecule has 30 heavy (non-hydrogen) atoms. The SMILES string of the molecule is CCSc1cc2ccccc2nc1C1N=C2C=C(C(F)(F)F)N(CC)C(=O)C2N1C. The molecule has 2 aromatic rings. The van der Waals surface area contributed by atoms with Gasteiger partial charge in [-0.25, -0.2) is 4.98 Å². The molecule has 2 aliphatic rings. The molecule has 0 saturated heterocycles. The molecule has 1 aromatic heterocycles. The van der Waals surface area contributed by atoms with Crippen molar-refractivity contribution in [3.05, 3.63) is 47.8 Å². The molecule has 4 rings (SSSR count). The molecular weight excluding hydrogens is 413 g/mol. The number of thioether (sulfide) groups is 1. The van der Waals surface area contributed by atoms with Gasteiger partial charge >= 0.3 is 6.18 Å². The summed E-state index contributed by atoms with van der Waals surface area (Å²) in [6.07, 6.45) is -4.25. The molecule has 2 aliphatic heterocycles. The van der Waals surface area contributed by atoms with E-state index >= 15 is 0 Å². The first-order valence-corrected chi connectivity index (χ1v) is 10.7. The Hall–Kier alpha value is -2.39. The summed E-state index contributed by atoms with van der Waals surface area (Å²) in [7, 11) is 1.71. The number of pyridine rings is 1. The molecule has 0 saturated carbocycles. The number of aliphatic imine (C=N–C) groups is 1. The van der Waals surface area contributed by atoms with Crippen LogP contribution in [0.2, 0.25) is 0 Å². The zero-order valence-electron chi connectivity index (χ0n) is 16.8. The zero-order chi connectivity index (χ0) is 21.6. The number of carbonyl (C=O) groups excluding carboxylic acids is 1. The number of para-hydroxylation sites is 1. The van der Waals surface area contributed by atoms with Gasteiger partial charge in [0.05, 0.1) is 16.9 Å². The Morgan fingerprint density at radius 3 is 2.60 bits per heavy atom. The number of allylic oxidation sites excluding steroid dienone is 1. The van der Waals surface area contributed by atoms with Crippen molar-refractivity contribution in [2.24, 2.45) is 4.99 Å². The number of hydrogen-bond acceptors (Lipinski definition) is 5. The van der Waals surface area contributed by atoms with Gasteiger partial charge in [0, 0.05) is 16.8 Å². The number of alkyl halides is 3. The Morgan fingerprint density at radius 2 is 1.93 bits per heavy atom. The van der Waals surface area contributed by atoms with E-state index in [0.29, 0.717) is 5.69 Å². The molecule has 9 heteroatoms. The van der Waals surface area contributed by atoms with Crippen molar-refractivity contribution < 1.29 is 18.0 Å². The van der Waals surface area contributed by atoms with E-state index in [9.17, 15) is 18.0 Å². The van der Waals surface area contributed by atoms with Crippen molar-refractivity contribution in [2.45, 2.75) is 37.1 Å². The maximum Gasteiger partial charge on any atom is 0.431 e. The smallest absolute Gasteiger partial charge is 0.307 e. The standard InChI is InChI=1S/C21H21F3N4OS/c1-4-28-16(21(22,23)24)11-14-18(20(28)29)27(3)19(26-14)17-15(30-5-2)10-12-8-6-7-9-13(12)25-17/h6-11,18-19H,4-5H2,1-3H3. The van der Waals surface area contributed by atoms with E-state index in [0.717, 1.165) is 32.5 Å². The van der Waals surface area contributed by atoms with E-state index in [-0.39, 0.29) is 12.3 Å². The maximum atomic E-state index is 13.5. The zero-order valence-corrected chi connectivity index (χ0v) is 17.6. The van der Waals surface area contributed by atoms with Crippen molar-refractivity contribution in [2.75, 3.05) is 19.3 Å². The van der Waals surface area contributed by atoms with Gasteiger partial charge < -0.3 is 4.90 Å². The molecule has 0 bridgehead atoms. The molecule has 0 spiro atoms. The first-order chi connectivity index (χ1) is 14.3. The molecule has 2 atom stereocenters. The van der Waals surface area contributed by atoms with E-state index in [1.165, 1.54) is 6.92 Å². The summed E-state index contributed by atoms with van der Waals surface area (Å²) < 4.78 is 40.6. The largest absolute Gasteiger partial charge is 0.431 e. The molecule has 0 N–H and O–H groups in total. The lowest BCUT2D eigenvalue weighted by molar-refractivity contribution is -0.145. The highest BCUT2D eigenvalue weighted by Gasteiger charge is 2.50. The summed E-state index contributed by atoms with van der Waals surface area (Å²) in [6.45, 7) is 3.50. The third-order valence-corrected chi connectivity index (χ3v) is 6.21. The monoisotopic (exact) mass is 434 g/mol. The molecule has 3 heterocycles. The summed E-state index contributed by atoms with van der Waals surface area (Å²) in [5, 5.41) is 0.982. The molecule has 5 nitrogen and oxygen atoms in total. The first-order valence-electron chi connectivity index (χ1n) is 9.68. The third-order valence-electron chi connectivity index (χ3n) is 5.29. The number of aromatic nitrogens is 1. The van der Waals surface area contributed by atoms with Crippen LogP contribution >= 0.6 is 11.8 Å². The number of halogens is 3. The highest BCUT2D eigenvalue weighted by Crippen LogP contribution is 2.40. The van der Waals surface area contributed by atoms with Crippen LogP contribution in [-0.2, 0) is 4.79 Å². The summed E-state index contributed by atoms with van der Waals surface area (Å²) in [6, 6.07) is 8.85. The normalized spacial score (nSPS) is 22.3. The molecule has 0 fully saturated rings. The van der Waals surface area contributed by atoms with Crippen LogP contribution in [0.4, 0.5) is 13.2 Å². The summed E-state index contributed by atoms with van der Waals surface area (Å²) >= 11 is 1.60. The molecular formula is C21H21F3N4OS. The molecule has 1 aromatic carbocycles. The van der Waals surface area contributed by atoms with Crippen LogP contribution in [-0.4, -0.2) is 58.0 Å². The molecule has 1 amide bonds. The second-order valence-electron chi connectivity index (χ2n) is 7.10. The highest BCUT2D eigenvalue weighted by atomic mass is 32.2. The number of benzene rings is 1. The fraction of sp³-hybridized carbons (Fsp3) is 0.381. The summed E-state index contributed by atoms with van der Waals surface area (Å²) in [5.74, 6) is 0.200. The Kier molecular flexibility index (Phi) is 5.36. The predicted octanol–water partition coefficient (Wildman–Crippen LogP) is 4.41. The topological polar surface area (TPSA) is 48.8 Å². The third kappa shape index (κ3) is 3.39. The molecule has 0 radical (unpaired) electrons. The van der Waals surface area contributed by atoms with Gasteiger partial charge in [-0.2, -0.15) is 13.2 Å². The Balaban J connectivity index is 1.83. The van der Waals surface area contributed by atoms with E-state index in [4.69, 9.17) is 4.98 Å². The Labute approximate surface area is 176 Å². The molecule has 158 valence electrons. The number of hydrogen-bond donors (Lipinski definition) is 0. The van der Waals surface area contributed by atoms with Crippen LogP contribution in [0.1, 0.15) is 25.7 Å². The van der Waals surface area contributed by atoms with Crippen molar-refractivity contribution in [3.8, 4) is 0 Å². The van der Waals surface area contributed by atoms with Gasteiger partial charge in [-0.1, -0.05) is 25.1 Å². The van der Waals surface area contributed by atoms with Gasteiger partial charge in [-0.15, -0.1) is 11.8 Å². The first kappa shape index (κ1) is 20.9. The second kappa shape index (κ2) is 7.70. The minimum Gasteiger partial charge on any atom is -0.307 e. The number of nitrogens with zero attached hydrogens (tertiary/aromatic N) is 4. The van der Waals surface area contributed by atoms with Gasteiger partial charge in [0.25, 0.3) is 5.91 Å². The lowest BCUT2D eigenvalue weighted by Gasteiger charge is -2.35. The van der Waals surface area contributed by atoms with Crippen LogP contribution in [0.3, 0.4) is 0 Å². The Morgan fingerprint density at radius 1 is 1.20 bits per heavy atom. The fourth-order valence-electron chi connectivity index (χ4n) is 3.94. The maximum absolute atomic E-state index is 13.5. The van der Waals surface area contributed by atoms with Crippen LogP contribution < -0.4 is 0 Å². The average molecular weight is 434 g/mol. The van der Waals surface area contributed by atoms with Crippen LogP contribution in [0.5, 0.6) is 0 Å². The van der Waals surface area contributed by atoms with Crippen molar-refractivity contribution in [3.63, 3.8) is 0 Å². The number of fused-ring (bicyclic) bond motifs is 2. The Bertz CT molecular complexity index is 1070. The van der Waals surface area contributed by atoms with Gasteiger partial charge in [0.1, 0.15) is 17.9 Å². The minimum absolute atomic E-state index is 0.0579. The van der Waals surface area contributed by atoms with Crippen LogP contribution in [0, 0.1) is 0 Å². The van der Waals surface area contributed by atoms with Crippen LogP contribution in [0.15, 0.2) is 52.0 Å².